The number of benzene rings is 3. The summed E-state index contributed by atoms with van der Waals surface area (Å²) >= 11 is 0. The maximum absolute atomic E-state index is 8.71. The Labute approximate surface area is 159 Å². The minimum atomic E-state index is 0.410. The fourth-order valence-electron chi connectivity index (χ4n) is 3.14. The van der Waals surface area contributed by atoms with E-state index in [1.165, 1.54) is 0 Å². The van der Waals surface area contributed by atoms with Crippen LogP contribution in [0.4, 0.5) is 0 Å². The molecule has 0 aliphatic carbocycles. The van der Waals surface area contributed by atoms with Crippen LogP contribution < -0.4 is 4.74 Å². The molecule has 134 valence electrons. The SMILES string of the molecule is COc1ccc(/C(=C(\CCN=[N+]=[N-])c2ccccc2)c2ccccc2)cc1. The summed E-state index contributed by atoms with van der Waals surface area (Å²) in [4.78, 5) is 2.91. The molecule has 0 saturated carbocycles. The third-order valence-electron chi connectivity index (χ3n) is 4.39. The Hall–Kier alpha value is -3.49. The maximum atomic E-state index is 8.71. The zero-order valence-corrected chi connectivity index (χ0v) is 15.2. The third kappa shape index (κ3) is 4.57. The normalized spacial score (nSPS) is 11.3. The van der Waals surface area contributed by atoms with Gasteiger partial charge in [0, 0.05) is 11.5 Å². The van der Waals surface area contributed by atoms with Crippen LogP contribution in [0.3, 0.4) is 0 Å². The fraction of sp³-hybridized carbons (Fsp3) is 0.130. The van der Waals surface area contributed by atoms with Gasteiger partial charge in [0.25, 0.3) is 0 Å². The van der Waals surface area contributed by atoms with E-state index in [4.69, 9.17) is 10.3 Å². The van der Waals surface area contributed by atoms with Gasteiger partial charge in [-0.05, 0) is 51.9 Å². The van der Waals surface area contributed by atoms with Gasteiger partial charge in [-0.1, -0.05) is 77.9 Å². The first-order valence-corrected chi connectivity index (χ1v) is 8.82. The number of hydrogen-bond acceptors (Lipinski definition) is 2. The summed E-state index contributed by atoms with van der Waals surface area (Å²) < 4.78 is 5.31. The molecule has 4 nitrogen and oxygen atoms in total. The fourth-order valence-corrected chi connectivity index (χ4v) is 3.14. The van der Waals surface area contributed by atoms with E-state index < -0.39 is 0 Å². The van der Waals surface area contributed by atoms with Crippen molar-refractivity contribution in [1.82, 2.24) is 0 Å². The summed E-state index contributed by atoms with van der Waals surface area (Å²) in [5.41, 5.74) is 14.3. The van der Waals surface area contributed by atoms with Gasteiger partial charge in [0.15, 0.2) is 0 Å². The van der Waals surface area contributed by atoms with Crippen molar-refractivity contribution in [3.8, 4) is 5.75 Å². The van der Waals surface area contributed by atoms with Gasteiger partial charge < -0.3 is 4.74 Å². The number of rotatable bonds is 7. The number of ether oxygens (including phenoxy) is 1. The van der Waals surface area contributed by atoms with Gasteiger partial charge in [0.1, 0.15) is 5.75 Å². The van der Waals surface area contributed by atoms with Crippen molar-refractivity contribution in [2.24, 2.45) is 5.11 Å². The van der Waals surface area contributed by atoms with E-state index in [-0.39, 0.29) is 0 Å². The highest BCUT2D eigenvalue weighted by atomic mass is 16.5. The molecule has 0 aliphatic rings. The molecule has 0 bridgehead atoms. The minimum absolute atomic E-state index is 0.410. The second-order valence-electron chi connectivity index (χ2n) is 6.02. The van der Waals surface area contributed by atoms with E-state index in [0.717, 1.165) is 33.6 Å². The lowest BCUT2D eigenvalue weighted by Gasteiger charge is -2.17. The molecule has 0 fully saturated rings. The van der Waals surface area contributed by atoms with Gasteiger partial charge in [-0.3, -0.25) is 0 Å². The molecule has 3 aromatic rings. The van der Waals surface area contributed by atoms with Crippen LogP contribution in [0.25, 0.3) is 21.6 Å². The second-order valence-corrected chi connectivity index (χ2v) is 6.02. The molecule has 0 heterocycles. The van der Waals surface area contributed by atoms with Gasteiger partial charge in [-0.15, -0.1) is 0 Å². The van der Waals surface area contributed by atoms with Crippen LogP contribution in [-0.2, 0) is 0 Å². The molecule has 0 N–H and O–H groups in total. The summed E-state index contributed by atoms with van der Waals surface area (Å²) in [6, 6.07) is 28.6. The highest BCUT2D eigenvalue weighted by molar-refractivity contribution is 5.98. The zero-order valence-electron chi connectivity index (χ0n) is 15.2. The number of hydrogen-bond donors (Lipinski definition) is 0. The lowest BCUT2D eigenvalue weighted by atomic mass is 9.88. The summed E-state index contributed by atoms with van der Waals surface area (Å²) in [6.45, 7) is 0.410. The second kappa shape index (κ2) is 9.27. The summed E-state index contributed by atoms with van der Waals surface area (Å²) in [6.07, 6.45) is 0.657. The van der Waals surface area contributed by atoms with Gasteiger partial charge in [-0.25, -0.2) is 0 Å². The van der Waals surface area contributed by atoms with Crippen LogP contribution in [0.5, 0.6) is 5.75 Å². The van der Waals surface area contributed by atoms with E-state index in [2.05, 4.69) is 46.4 Å². The van der Waals surface area contributed by atoms with Crippen molar-refractivity contribution in [3.05, 3.63) is 112 Å². The molecule has 0 radical (unpaired) electrons. The molecular formula is C23H21N3O. The van der Waals surface area contributed by atoms with Gasteiger partial charge in [0.05, 0.1) is 7.11 Å². The molecule has 0 amide bonds. The smallest absolute Gasteiger partial charge is 0.118 e. The van der Waals surface area contributed by atoms with Crippen LogP contribution in [0, 0.1) is 0 Å². The van der Waals surface area contributed by atoms with Crippen LogP contribution in [0.2, 0.25) is 0 Å². The van der Waals surface area contributed by atoms with Crippen LogP contribution in [0.1, 0.15) is 23.1 Å². The average Bonchev–Trinajstić information content (AvgIpc) is 2.75. The van der Waals surface area contributed by atoms with Crippen molar-refractivity contribution >= 4 is 11.1 Å². The molecule has 3 aromatic carbocycles. The molecule has 0 aliphatic heterocycles. The Morgan fingerprint density at radius 3 is 1.93 bits per heavy atom. The van der Waals surface area contributed by atoms with Gasteiger partial charge in [0.2, 0.25) is 0 Å². The molecule has 4 heteroatoms. The summed E-state index contributed by atoms with van der Waals surface area (Å²) in [5.74, 6) is 0.821. The van der Waals surface area contributed by atoms with Crippen molar-refractivity contribution in [2.75, 3.05) is 13.7 Å². The Morgan fingerprint density at radius 2 is 1.37 bits per heavy atom. The quantitative estimate of drug-likeness (QED) is 0.211. The van der Waals surface area contributed by atoms with Gasteiger partial charge >= 0.3 is 0 Å². The first-order valence-electron chi connectivity index (χ1n) is 8.82. The zero-order chi connectivity index (χ0) is 18.9. The van der Waals surface area contributed by atoms with E-state index in [9.17, 15) is 0 Å². The van der Waals surface area contributed by atoms with Crippen LogP contribution >= 0.6 is 0 Å². The van der Waals surface area contributed by atoms with E-state index in [0.29, 0.717) is 13.0 Å². The molecule has 0 spiro atoms. The topological polar surface area (TPSA) is 58.0 Å². The van der Waals surface area contributed by atoms with E-state index in [1.54, 1.807) is 7.11 Å². The third-order valence-corrected chi connectivity index (χ3v) is 4.39. The maximum Gasteiger partial charge on any atom is 0.118 e. The van der Waals surface area contributed by atoms with E-state index in [1.807, 2.05) is 48.5 Å². The highest BCUT2D eigenvalue weighted by Crippen LogP contribution is 2.35. The minimum Gasteiger partial charge on any atom is -0.497 e. The number of methoxy groups -OCH3 is 1. The largest absolute Gasteiger partial charge is 0.497 e. The number of azide groups is 1. The molecular weight excluding hydrogens is 334 g/mol. The highest BCUT2D eigenvalue weighted by Gasteiger charge is 2.14. The standard InChI is InChI=1S/C23H21N3O/c1-27-21-14-12-20(13-15-21)23(19-10-6-3-7-11-19)22(16-17-25-26-24)18-8-4-2-5-9-18/h2-15H,16-17H2,1H3/b23-22+. The monoisotopic (exact) mass is 355 g/mol. The first kappa shape index (κ1) is 18.3. The van der Waals surface area contributed by atoms with Crippen molar-refractivity contribution < 1.29 is 4.74 Å². The van der Waals surface area contributed by atoms with Crippen LogP contribution in [-0.4, -0.2) is 13.7 Å². The van der Waals surface area contributed by atoms with E-state index >= 15 is 0 Å². The molecule has 0 saturated heterocycles. The molecule has 0 unspecified atom stereocenters. The van der Waals surface area contributed by atoms with Crippen LogP contribution in [0.15, 0.2) is 90.0 Å². The Balaban J connectivity index is 2.22. The van der Waals surface area contributed by atoms with Crippen molar-refractivity contribution in [2.45, 2.75) is 6.42 Å². The lowest BCUT2D eigenvalue weighted by molar-refractivity contribution is 0.415. The predicted molar refractivity (Wildman–Crippen MR) is 110 cm³/mol. The molecule has 0 aromatic heterocycles. The summed E-state index contributed by atoms with van der Waals surface area (Å²) in [5, 5.41) is 3.76. The van der Waals surface area contributed by atoms with Gasteiger partial charge in [-0.2, -0.15) is 0 Å². The Bertz CT molecular complexity index is 942. The Morgan fingerprint density at radius 1 is 0.815 bits per heavy atom. The lowest BCUT2D eigenvalue weighted by Crippen LogP contribution is -1.97. The molecule has 3 rings (SSSR count). The molecule has 0 atom stereocenters. The van der Waals surface area contributed by atoms with Crippen molar-refractivity contribution in [1.29, 1.82) is 0 Å². The first-order chi connectivity index (χ1) is 13.3. The number of nitrogens with zero attached hydrogens (tertiary/aromatic N) is 3. The Kier molecular flexibility index (Phi) is 6.29. The predicted octanol–water partition coefficient (Wildman–Crippen LogP) is 6.35. The summed E-state index contributed by atoms with van der Waals surface area (Å²) in [7, 11) is 1.66. The molecule has 27 heavy (non-hydrogen) atoms. The van der Waals surface area contributed by atoms with Crippen molar-refractivity contribution in [3.63, 3.8) is 0 Å². The average molecular weight is 355 g/mol.